The lowest BCUT2D eigenvalue weighted by molar-refractivity contribution is 0.875. The molecule has 5 heteroatoms. The molecule has 9 rings (SSSR count). The lowest BCUT2D eigenvalue weighted by atomic mass is 9.83. The summed E-state index contributed by atoms with van der Waals surface area (Å²) in [6.07, 6.45) is 3.56. The van der Waals surface area contributed by atoms with E-state index in [1.807, 2.05) is 36.4 Å². The van der Waals surface area contributed by atoms with Crippen LogP contribution < -0.4 is 0 Å². The van der Waals surface area contributed by atoms with Gasteiger partial charge >= 0.3 is 0 Å². The van der Waals surface area contributed by atoms with Gasteiger partial charge in [-0.3, -0.25) is 9.97 Å². The molecule has 3 heterocycles. The summed E-state index contributed by atoms with van der Waals surface area (Å²) in [5.41, 5.74) is 8.98. The highest BCUT2D eigenvalue weighted by molar-refractivity contribution is 6.30. The Labute approximate surface area is 277 Å². The van der Waals surface area contributed by atoms with Crippen LogP contribution in [0.4, 0.5) is 0 Å². The smallest absolute Gasteiger partial charge is 0.125 e. The highest BCUT2D eigenvalue weighted by Gasteiger charge is 2.24. The van der Waals surface area contributed by atoms with Crippen LogP contribution in [0.1, 0.15) is 0 Å². The number of hydrogen-bond donors (Lipinski definition) is 0. The Balaban J connectivity index is 1.45. The number of aromatic nitrogens is 5. The van der Waals surface area contributed by atoms with E-state index in [1.54, 1.807) is 12.4 Å². The van der Waals surface area contributed by atoms with E-state index in [0.29, 0.717) is 17.1 Å². The summed E-state index contributed by atoms with van der Waals surface area (Å²) >= 11 is 0. The van der Waals surface area contributed by atoms with Crippen LogP contribution in [0.5, 0.6) is 0 Å². The Kier molecular flexibility index (Phi) is 6.72. The van der Waals surface area contributed by atoms with Crippen LogP contribution in [0.3, 0.4) is 0 Å². The molecule has 0 radical (unpaired) electrons. The molecule has 0 fully saturated rings. The van der Waals surface area contributed by atoms with Gasteiger partial charge in [0.15, 0.2) is 0 Å². The van der Waals surface area contributed by atoms with Crippen molar-refractivity contribution in [3.8, 4) is 56.2 Å². The molecule has 0 saturated heterocycles. The van der Waals surface area contributed by atoms with Gasteiger partial charge in [-0.25, -0.2) is 0 Å². The molecule has 0 aliphatic rings. The zero-order chi connectivity index (χ0) is 31.9. The SMILES string of the molecule is c1ccc(-c2ccc3c4ccccc4c4ccccc4c3c2-c2ccccc2-c2nnnc(-c3ccccn3)c2-c2ccccn2)cc1. The van der Waals surface area contributed by atoms with Crippen molar-refractivity contribution in [3.05, 3.63) is 164 Å². The normalized spacial score (nSPS) is 11.3. The van der Waals surface area contributed by atoms with E-state index in [0.717, 1.165) is 39.1 Å². The van der Waals surface area contributed by atoms with Crippen molar-refractivity contribution < 1.29 is 0 Å². The topological polar surface area (TPSA) is 64.5 Å². The van der Waals surface area contributed by atoms with Crippen molar-refractivity contribution in [1.29, 1.82) is 0 Å². The Hall–Kier alpha value is -6.59. The fourth-order valence-electron chi connectivity index (χ4n) is 6.99. The van der Waals surface area contributed by atoms with Crippen molar-refractivity contribution in [2.75, 3.05) is 0 Å². The molecule has 0 atom stereocenters. The fraction of sp³-hybridized carbons (Fsp3) is 0. The maximum absolute atomic E-state index is 4.78. The molecule has 3 aromatic heterocycles. The van der Waals surface area contributed by atoms with Gasteiger partial charge in [0, 0.05) is 18.0 Å². The molecule has 0 bridgehead atoms. The molecule has 6 aromatic carbocycles. The molecule has 0 N–H and O–H groups in total. The first-order chi connectivity index (χ1) is 23.9. The summed E-state index contributed by atoms with van der Waals surface area (Å²) in [5.74, 6) is 0. The summed E-state index contributed by atoms with van der Waals surface area (Å²) in [5, 5.41) is 20.9. The largest absolute Gasteiger partial charge is 0.256 e. The minimum Gasteiger partial charge on any atom is -0.256 e. The van der Waals surface area contributed by atoms with Gasteiger partial charge in [0.1, 0.15) is 11.4 Å². The Morgan fingerprint density at radius 2 is 0.875 bits per heavy atom. The van der Waals surface area contributed by atoms with E-state index in [2.05, 4.69) is 131 Å². The lowest BCUT2D eigenvalue weighted by Gasteiger charge is -2.21. The van der Waals surface area contributed by atoms with Crippen molar-refractivity contribution >= 4 is 32.3 Å². The predicted molar refractivity (Wildman–Crippen MR) is 195 cm³/mol. The third-order valence-electron chi connectivity index (χ3n) is 9.04. The van der Waals surface area contributed by atoms with Gasteiger partial charge in [-0.1, -0.05) is 127 Å². The van der Waals surface area contributed by atoms with Crippen LogP contribution in [0.15, 0.2) is 164 Å². The molecule has 0 spiro atoms. The van der Waals surface area contributed by atoms with E-state index in [9.17, 15) is 0 Å². The Morgan fingerprint density at radius 3 is 1.56 bits per heavy atom. The first-order valence-corrected chi connectivity index (χ1v) is 15.9. The molecule has 0 saturated carbocycles. The van der Waals surface area contributed by atoms with Crippen LogP contribution in [0, 0.1) is 0 Å². The Morgan fingerprint density at radius 1 is 0.333 bits per heavy atom. The summed E-state index contributed by atoms with van der Waals surface area (Å²) < 4.78 is 0. The summed E-state index contributed by atoms with van der Waals surface area (Å²) in [6.45, 7) is 0. The van der Waals surface area contributed by atoms with Gasteiger partial charge in [-0.05, 0) is 84.1 Å². The predicted octanol–water partition coefficient (Wildman–Crippen LogP) is 10.5. The van der Waals surface area contributed by atoms with Crippen molar-refractivity contribution in [3.63, 3.8) is 0 Å². The van der Waals surface area contributed by atoms with Gasteiger partial charge in [0.25, 0.3) is 0 Å². The molecule has 9 aromatic rings. The summed E-state index contributed by atoms with van der Waals surface area (Å²) in [6, 6.07) is 52.8. The molecule has 0 unspecified atom stereocenters. The van der Waals surface area contributed by atoms with E-state index < -0.39 is 0 Å². The van der Waals surface area contributed by atoms with E-state index in [4.69, 9.17) is 10.1 Å². The average molecular weight is 614 g/mol. The summed E-state index contributed by atoms with van der Waals surface area (Å²) in [4.78, 5) is 9.43. The van der Waals surface area contributed by atoms with Crippen molar-refractivity contribution in [2.45, 2.75) is 0 Å². The first kappa shape index (κ1) is 27.7. The van der Waals surface area contributed by atoms with Gasteiger partial charge in [-0.15, -0.1) is 10.2 Å². The zero-order valence-electron chi connectivity index (χ0n) is 25.8. The molecule has 5 nitrogen and oxygen atoms in total. The number of fused-ring (bicyclic) bond motifs is 6. The molecule has 48 heavy (non-hydrogen) atoms. The molecule has 0 amide bonds. The first-order valence-electron chi connectivity index (χ1n) is 15.9. The second-order valence-corrected chi connectivity index (χ2v) is 11.7. The van der Waals surface area contributed by atoms with E-state index in [-0.39, 0.29) is 0 Å². The van der Waals surface area contributed by atoms with Crippen LogP contribution in [-0.4, -0.2) is 25.4 Å². The number of hydrogen-bond acceptors (Lipinski definition) is 5. The zero-order valence-corrected chi connectivity index (χ0v) is 25.8. The van der Waals surface area contributed by atoms with Crippen LogP contribution >= 0.6 is 0 Å². The minimum atomic E-state index is 0.631. The molecule has 224 valence electrons. The maximum Gasteiger partial charge on any atom is 0.125 e. The van der Waals surface area contributed by atoms with E-state index >= 15 is 0 Å². The van der Waals surface area contributed by atoms with Gasteiger partial charge in [0.05, 0.1) is 17.0 Å². The summed E-state index contributed by atoms with van der Waals surface area (Å²) in [7, 11) is 0. The fourth-order valence-corrected chi connectivity index (χ4v) is 6.99. The van der Waals surface area contributed by atoms with E-state index in [1.165, 1.54) is 32.3 Å². The van der Waals surface area contributed by atoms with Crippen LogP contribution in [0.2, 0.25) is 0 Å². The third kappa shape index (κ3) is 4.52. The molecular weight excluding hydrogens is 587 g/mol. The lowest BCUT2D eigenvalue weighted by Crippen LogP contribution is -2.03. The quantitative estimate of drug-likeness (QED) is 0.181. The average Bonchev–Trinajstić information content (AvgIpc) is 3.18. The number of pyridine rings is 2. The molecular formula is C43H27N5. The highest BCUT2D eigenvalue weighted by Crippen LogP contribution is 2.48. The number of benzene rings is 6. The monoisotopic (exact) mass is 613 g/mol. The highest BCUT2D eigenvalue weighted by atomic mass is 15.3. The second kappa shape index (κ2) is 11.6. The van der Waals surface area contributed by atoms with Crippen molar-refractivity contribution in [1.82, 2.24) is 25.4 Å². The molecule has 0 aliphatic carbocycles. The van der Waals surface area contributed by atoms with Gasteiger partial charge < -0.3 is 0 Å². The maximum atomic E-state index is 4.78. The standard InChI is InChI=1S/C43H27N5/c1-2-14-28(15-3-1)29-24-25-35-32-18-5-4-16-30(32)31-17-6-7-19-33(31)40(35)39(29)34-20-8-9-21-36(34)42-41(37-22-10-12-26-44-37)43(47-48-46-42)38-23-11-13-27-45-38/h1-27H. The minimum absolute atomic E-state index is 0.631. The van der Waals surface area contributed by atoms with Gasteiger partial charge in [-0.2, -0.15) is 0 Å². The Bertz CT molecular complexity index is 2570. The number of nitrogens with zero attached hydrogens (tertiary/aromatic N) is 5. The second-order valence-electron chi connectivity index (χ2n) is 11.7. The van der Waals surface area contributed by atoms with Crippen LogP contribution in [-0.2, 0) is 0 Å². The van der Waals surface area contributed by atoms with Crippen LogP contribution in [0.25, 0.3) is 88.5 Å². The van der Waals surface area contributed by atoms with Gasteiger partial charge in [0.2, 0.25) is 0 Å². The molecule has 0 aliphatic heterocycles. The third-order valence-corrected chi connectivity index (χ3v) is 9.04. The number of rotatable bonds is 5. The van der Waals surface area contributed by atoms with Crippen molar-refractivity contribution in [2.24, 2.45) is 0 Å².